The Morgan fingerprint density at radius 1 is 1.05 bits per heavy atom. The summed E-state index contributed by atoms with van der Waals surface area (Å²) in [4.78, 5) is 30.5. The van der Waals surface area contributed by atoms with Crippen LogP contribution < -0.4 is 9.47 Å². The molecular weight excluding hydrogens is 472 g/mol. The Balaban J connectivity index is 1.70. The van der Waals surface area contributed by atoms with E-state index in [1.54, 1.807) is 36.3 Å². The molecule has 8 heteroatoms. The van der Waals surface area contributed by atoms with Crippen molar-refractivity contribution in [2.24, 2.45) is 0 Å². The van der Waals surface area contributed by atoms with Crippen molar-refractivity contribution >= 4 is 17.4 Å². The van der Waals surface area contributed by atoms with Gasteiger partial charge in [-0.05, 0) is 37.5 Å². The summed E-state index contributed by atoms with van der Waals surface area (Å²) in [6, 6.07) is 11.9. The van der Waals surface area contributed by atoms with E-state index in [0.717, 1.165) is 31.6 Å². The van der Waals surface area contributed by atoms with Crippen LogP contribution in [-0.4, -0.2) is 79.7 Å². The van der Waals surface area contributed by atoms with Crippen molar-refractivity contribution < 1.29 is 28.9 Å². The maximum Gasteiger partial charge on any atom is 0.295 e. The van der Waals surface area contributed by atoms with Gasteiger partial charge in [0.05, 0.1) is 38.5 Å². The van der Waals surface area contributed by atoms with Crippen LogP contribution in [0.25, 0.3) is 5.76 Å². The van der Waals surface area contributed by atoms with Crippen molar-refractivity contribution in [3.8, 4) is 11.5 Å². The van der Waals surface area contributed by atoms with Crippen LogP contribution in [0.5, 0.6) is 11.5 Å². The summed E-state index contributed by atoms with van der Waals surface area (Å²) in [5.41, 5.74) is 2.30. The second kappa shape index (κ2) is 12.3. The smallest absolute Gasteiger partial charge is 0.295 e. The SMILES string of the molecule is CCCOc1ccc([C@H]2/C(=C(\O)c3ccc(C)cc3)C(=O)C(=O)N2CCCN2CCOCC2)cc1OC. The van der Waals surface area contributed by atoms with E-state index in [4.69, 9.17) is 14.2 Å². The number of aryl methyl sites for hydroxylation is 1. The van der Waals surface area contributed by atoms with Gasteiger partial charge in [-0.1, -0.05) is 42.8 Å². The number of benzene rings is 2. The third kappa shape index (κ3) is 5.97. The molecule has 0 aliphatic carbocycles. The summed E-state index contributed by atoms with van der Waals surface area (Å²) >= 11 is 0. The Morgan fingerprint density at radius 2 is 1.78 bits per heavy atom. The molecule has 1 atom stereocenters. The van der Waals surface area contributed by atoms with Crippen LogP contribution in [-0.2, 0) is 14.3 Å². The highest BCUT2D eigenvalue weighted by Gasteiger charge is 2.46. The first kappa shape index (κ1) is 26.7. The van der Waals surface area contributed by atoms with Gasteiger partial charge in [0.1, 0.15) is 5.76 Å². The highest BCUT2D eigenvalue weighted by atomic mass is 16.5. The van der Waals surface area contributed by atoms with E-state index in [2.05, 4.69) is 4.90 Å². The van der Waals surface area contributed by atoms with E-state index < -0.39 is 17.7 Å². The van der Waals surface area contributed by atoms with Gasteiger partial charge in [0.15, 0.2) is 11.5 Å². The summed E-state index contributed by atoms with van der Waals surface area (Å²) < 4.78 is 16.8. The first-order chi connectivity index (χ1) is 17.9. The van der Waals surface area contributed by atoms with Crippen LogP contribution in [0.2, 0.25) is 0 Å². The Bertz CT molecular complexity index is 1140. The van der Waals surface area contributed by atoms with Gasteiger partial charge in [-0.15, -0.1) is 0 Å². The van der Waals surface area contributed by atoms with Crippen molar-refractivity contribution in [3.05, 3.63) is 64.7 Å². The quantitative estimate of drug-likeness (QED) is 0.295. The van der Waals surface area contributed by atoms with Gasteiger partial charge in [0, 0.05) is 31.7 Å². The van der Waals surface area contributed by atoms with Crippen LogP contribution >= 0.6 is 0 Å². The molecule has 2 aromatic rings. The summed E-state index contributed by atoms with van der Waals surface area (Å²) in [7, 11) is 1.56. The molecule has 0 bridgehead atoms. The van der Waals surface area contributed by atoms with Gasteiger partial charge in [0.25, 0.3) is 11.7 Å². The predicted molar refractivity (Wildman–Crippen MR) is 141 cm³/mol. The molecule has 2 fully saturated rings. The molecule has 198 valence electrons. The maximum atomic E-state index is 13.3. The van der Waals surface area contributed by atoms with Crippen molar-refractivity contribution in [1.82, 2.24) is 9.80 Å². The van der Waals surface area contributed by atoms with E-state index in [9.17, 15) is 14.7 Å². The summed E-state index contributed by atoms with van der Waals surface area (Å²) in [5.74, 6) is -0.356. The lowest BCUT2D eigenvalue weighted by Crippen LogP contribution is -2.39. The third-order valence-corrected chi connectivity index (χ3v) is 6.81. The van der Waals surface area contributed by atoms with E-state index in [1.807, 2.05) is 32.0 Å². The number of Topliss-reactive ketones (excluding diaryl/α,β-unsaturated/α-hetero) is 1. The number of carbonyl (C=O) groups is 2. The molecule has 2 aliphatic heterocycles. The number of aliphatic hydroxyl groups excluding tert-OH is 1. The number of methoxy groups -OCH3 is 1. The molecular formula is C29H36N2O6. The molecule has 0 radical (unpaired) electrons. The van der Waals surface area contributed by atoms with Gasteiger partial charge in [-0.2, -0.15) is 0 Å². The molecule has 1 N–H and O–H groups in total. The minimum atomic E-state index is -0.736. The molecule has 4 rings (SSSR count). The number of rotatable bonds is 10. The van der Waals surface area contributed by atoms with E-state index in [-0.39, 0.29) is 11.3 Å². The van der Waals surface area contributed by atoms with Crippen LogP contribution in [0.4, 0.5) is 0 Å². The summed E-state index contributed by atoms with van der Waals surface area (Å²) in [6.45, 7) is 8.81. The molecule has 8 nitrogen and oxygen atoms in total. The Labute approximate surface area is 218 Å². The monoisotopic (exact) mass is 508 g/mol. The van der Waals surface area contributed by atoms with Crippen LogP contribution in [0.1, 0.15) is 42.5 Å². The highest BCUT2D eigenvalue weighted by Crippen LogP contribution is 2.42. The molecule has 2 aromatic carbocycles. The van der Waals surface area contributed by atoms with Crippen molar-refractivity contribution in [1.29, 1.82) is 0 Å². The molecule has 1 amide bonds. The Kier molecular flexibility index (Phi) is 8.84. The second-order valence-electron chi connectivity index (χ2n) is 9.42. The third-order valence-electron chi connectivity index (χ3n) is 6.81. The minimum Gasteiger partial charge on any atom is -0.507 e. The molecule has 37 heavy (non-hydrogen) atoms. The molecule has 0 unspecified atom stereocenters. The number of nitrogens with zero attached hydrogens (tertiary/aromatic N) is 2. The van der Waals surface area contributed by atoms with E-state index >= 15 is 0 Å². The number of hydrogen-bond donors (Lipinski definition) is 1. The molecule has 0 saturated carbocycles. The first-order valence-corrected chi connectivity index (χ1v) is 12.9. The van der Waals surface area contributed by atoms with Crippen molar-refractivity contribution in [2.75, 3.05) is 53.1 Å². The van der Waals surface area contributed by atoms with Crippen LogP contribution in [0.3, 0.4) is 0 Å². The van der Waals surface area contributed by atoms with Gasteiger partial charge < -0.3 is 24.2 Å². The van der Waals surface area contributed by atoms with Crippen LogP contribution in [0.15, 0.2) is 48.0 Å². The number of ether oxygens (including phenoxy) is 3. The summed E-state index contributed by atoms with van der Waals surface area (Å²) in [5, 5.41) is 11.3. The number of amides is 1. The Morgan fingerprint density at radius 3 is 2.46 bits per heavy atom. The zero-order chi connectivity index (χ0) is 26.4. The number of ketones is 1. The van der Waals surface area contributed by atoms with Gasteiger partial charge in [-0.3, -0.25) is 14.5 Å². The molecule has 2 saturated heterocycles. The lowest BCUT2D eigenvalue weighted by Gasteiger charge is -2.29. The number of carbonyl (C=O) groups excluding carboxylic acids is 2. The fourth-order valence-corrected chi connectivity index (χ4v) is 4.80. The topological polar surface area (TPSA) is 88.5 Å². The maximum absolute atomic E-state index is 13.3. The number of likely N-dealkylation sites (tertiary alicyclic amines) is 1. The van der Waals surface area contributed by atoms with E-state index in [1.165, 1.54) is 0 Å². The largest absolute Gasteiger partial charge is 0.507 e. The number of morpholine rings is 1. The average molecular weight is 509 g/mol. The second-order valence-corrected chi connectivity index (χ2v) is 9.42. The lowest BCUT2D eigenvalue weighted by molar-refractivity contribution is -0.140. The minimum absolute atomic E-state index is 0.0875. The zero-order valence-electron chi connectivity index (χ0n) is 21.9. The number of hydrogen-bond acceptors (Lipinski definition) is 7. The Hall–Kier alpha value is -3.36. The fraction of sp³-hybridized carbons (Fsp3) is 0.448. The molecule has 2 heterocycles. The average Bonchev–Trinajstić information content (AvgIpc) is 3.17. The van der Waals surface area contributed by atoms with E-state index in [0.29, 0.717) is 55.4 Å². The first-order valence-electron chi connectivity index (χ1n) is 12.9. The van der Waals surface area contributed by atoms with Gasteiger partial charge >= 0.3 is 0 Å². The number of aliphatic hydroxyl groups is 1. The zero-order valence-corrected chi connectivity index (χ0v) is 21.9. The van der Waals surface area contributed by atoms with Gasteiger partial charge in [0.2, 0.25) is 0 Å². The standard InChI is InChI=1S/C29H36N2O6/c1-4-16-37-23-11-10-22(19-24(23)35-3)26-25(27(32)21-8-6-20(2)7-9-21)28(33)29(34)31(26)13-5-12-30-14-17-36-18-15-30/h6-11,19,26,32H,4-5,12-18H2,1-3H3/b27-25+/t26-/m0/s1. The van der Waals surface area contributed by atoms with Crippen molar-refractivity contribution in [2.45, 2.75) is 32.7 Å². The molecule has 0 aromatic heterocycles. The predicted octanol–water partition coefficient (Wildman–Crippen LogP) is 3.94. The van der Waals surface area contributed by atoms with Crippen LogP contribution in [0, 0.1) is 6.92 Å². The normalized spacial score (nSPS) is 19.9. The van der Waals surface area contributed by atoms with Gasteiger partial charge in [-0.25, -0.2) is 0 Å². The molecule has 0 spiro atoms. The fourth-order valence-electron chi connectivity index (χ4n) is 4.80. The highest BCUT2D eigenvalue weighted by molar-refractivity contribution is 6.46. The molecule has 2 aliphatic rings. The van der Waals surface area contributed by atoms with Crippen molar-refractivity contribution in [3.63, 3.8) is 0 Å². The summed E-state index contributed by atoms with van der Waals surface area (Å²) in [6.07, 6.45) is 1.55. The lowest BCUT2D eigenvalue weighted by atomic mass is 9.94.